The van der Waals surface area contributed by atoms with Gasteiger partial charge in [0.25, 0.3) is 0 Å². The highest BCUT2D eigenvalue weighted by atomic mass is 16.5. The molecule has 1 atom stereocenters. The largest absolute Gasteiger partial charge is 0.493 e. The number of hydrazine groups is 1. The molecule has 4 nitrogen and oxygen atoms in total. The molecule has 2 rings (SSSR count). The van der Waals surface area contributed by atoms with Crippen LogP contribution in [0.1, 0.15) is 17.2 Å². The number of benzene rings is 2. The van der Waals surface area contributed by atoms with Crippen LogP contribution in [-0.4, -0.2) is 14.2 Å². The van der Waals surface area contributed by atoms with E-state index in [0.29, 0.717) is 0 Å². The highest BCUT2D eigenvalue weighted by Gasteiger charge is 2.12. The normalized spacial score (nSPS) is 11.9. The van der Waals surface area contributed by atoms with Crippen LogP contribution >= 0.6 is 0 Å². The van der Waals surface area contributed by atoms with Gasteiger partial charge in [-0.15, -0.1) is 0 Å². The minimum Gasteiger partial charge on any atom is -0.493 e. The van der Waals surface area contributed by atoms with Gasteiger partial charge < -0.3 is 9.47 Å². The molecular weight excluding hydrogens is 252 g/mol. The van der Waals surface area contributed by atoms with Crippen molar-refractivity contribution in [3.05, 3.63) is 59.7 Å². The number of hydrogen-bond donors (Lipinski definition) is 2. The molecule has 0 aliphatic carbocycles. The fourth-order valence-electron chi connectivity index (χ4n) is 2.20. The number of hydrogen-bond acceptors (Lipinski definition) is 4. The Kier molecular flexibility index (Phi) is 4.98. The van der Waals surface area contributed by atoms with Crippen molar-refractivity contribution in [1.29, 1.82) is 0 Å². The zero-order valence-corrected chi connectivity index (χ0v) is 11.8. The summed E-state index contributed by atoms with van der Waals surface area (Å²) in [5.74, 6) is 7.13. The van der Waals surface area contributed by atoms with Crippen LogP contribution in [0.15, 0.2) is 48.5 Å². The Labute approximate surface area is 119 Å². The van der Waals surface area contributed by atoms with Crippen molar-refractivity contribution in [2.75, 3.05) is 14.2 Å². The molecule has 4 heteroatoms. The number of ether oxygens (including phenoxy) is 2. The molecule has 106 valence electrons. The third-order valence-electron chi connectivity index (χ3n) is 3.29. The second kappa shape index (κ2) is 6.93. The Hall–Kier alpha value is -2.04. The number of nitrogens with two attached hydrogens (primary N) is 1. The molecule has 0 saturated heterocycles. The van der Waals surface area contributed by atoms with E-state index < -0.39 is 0 Å². The van der Waals surface area contributed by atoms with Gasteiger partial charge in [-0.1, -0.05) is 36.4 Å². The van der Waals surface area contributed by atoms with Gasteiger partial charge in [0.1, 0.15) is 0 Å². The average molecular weight is 272 g/mol. The lowest BCUT2D eigenvalue weighted by atomic mass is 9.99. The van der Waals surface area contributed by atoms with Crippen LogP contribution in [0.25, 0.3) is 0 Å². The second-order valence-corrected chi connectivity index (χ2v) is 4.52. The van der Waals surface area contributed by atoms with E-state index in [4.69, 9.17) is 15.3 Å². The van der Waals surface area contributed by atoms with Gasteiger partial charge in [-0.2, -0.15) is 0 Å². The molecule has 0 spiro atoms. The van der Waals surface area contributed by atoms with Gasteiger partial charge in [0.15, 0.2) is 11.5 Å². The first kappa shape index (κ1) is 14.4. The summed E-state index contributed by atoms with van der Waals surface area (Å²) >= 11 is 0. The smallest absolute Gasteiger partial charge is 0.160 e. The molecular formula is C16H20N2O2. The molecule has 2 aromatic carbocycles. The minimum atomic E-state index is 0.0642. The quantitative estimate of drug-likeness (QED) is 0.626. The fourth-order valence-corrected chi connectivity index (χ4v) is 2.20. The third kappa shape index (κ3) is 3.29. The summed E-state index contributed by atoms with van der Waals surface area (Å²) < 4.78 is 10.6. The second-order valence-electron chi connectivity index (χ2n) is 4.52. The van der Waals surface area contributed by atoms with E-state index in [1.807, 2.05) is 36.4 Å². The van der Waals surface area contributed by atoms with E-state index in [0.717, 1.165) is 29.0 Å². The maximum absolute atomic E-state index is 5.67. The lowest BCUT2D eigenvalue weighted by molar-refractivity contribution is 0.354. The Balaban J connectivity index is 2.20. The molecule has 0 aromatic heterocycles. The van der Waals surface area contributed by atoms with Gasteiger partial charge in [-0.25, -0.2) is 0 Å². The molecule has 20 heavy (non-hydrogen) atoms. The number of methoxy groups -OCH3 is 2. The monoisotopic (exact) mass is 272 g/mol. The molecule has 0 bridgehead atoms. The molecule has 0 aliphatic rings. The predicted molar refractivity (Wildman–Crippen MR) is 79.8 cm³/mol. The summed E-state index contributed by atoms with van der Waals surface area (Å²) in [6.07, 6.45) is 0.779. The highest BCUT2D eigenvalue weighted by Crippen LogP contribution is 2.29. The lowest BCUT2D eigenvalue weighted by Crippen LogP contribution is -2.29. The van der Waals surface area contributed by atoms with Crippen molar-refractivity contribution in [3.63, 3.8) is 0 Å². The van der Waals surface area contributed by atoms with Gasteiger partial charge in [-0.05, 0) is 29.7 Å². The fraction of sp³-hybridized carbons (Fsp3) is 0.250. The first-order chi connectivity index (χ1) is 9.78. The van der Waals surface area contributed by atoms with E-state index in [2.05, 4.69) is 17.6 Å². The van der Waals surface area contributed by atoms with E-state index in [-0.39, 0.29) is 6.04 Å². The summed E-state index contributed by atoms with van der Waals surface area (Å²) in [7, 11) is 3.27. The maximum atomic E-state index is 5.67. The Morgan fingerprint density at radius 2 is 1.70 bits per heavy atom. The van der Waals surface area contributed by atoms with Crippen molar-refractivity contribution >= 4 is 0 Å². The Bertz CT molecular complexity index is 543. The van der Waals surface area contributed by atoms with Gasteiger partial charge in [0.05, 0.1) is 14.2 Å². The zero-order valence-electron chi connectivity index (χ0n) is 11.8. The van der Waals surface area contributed by atoms with Crippen LogP contribution in [0.5, 0.6) is 11.5 Å². The van der Waals surface area contributed by atoms with E-state index >= 15 is 0 Å². The topological polar surface area (TPSA) is 56.5 Å². The summed E-state index contributed by atoms with van der Waals surface area (Å²) in [6, 6.07) is 16.1. The SMILES string of the molecule is COc1ccc(CC(NN)c2ccccc2)cc1OC. The van der Waals surface area contributed by atoms with Gasteiger partial charge in [0.2, 0.25) is 0 Å². The van der Waals surface area contributed by atoms with Crippen LogP contribution in [0.2, 0.25) is 0 Å². The predicted octanol–water partition coefficient (Wildman–Crippen LogP) is 2.45. The first-order valence-electron chi connectivity index (χ1n) is 6.50. The minimum absolute atomic E-state index is 0.0642. The van der Waals surface area contributed by atoms with E-state index in [1.165, 1.54) is 0 Å². The number of nitrogens with one attached hydrogen (secondary N) is 1. The first-order valence-corrected chi connectivity index (χ1v) is 6.50. The summed E-state index contributed by atoms with van der Waals surface area (Å²) in [4.78, 5) is 0. The van der Waals surface area contributed by atoms with Gasteiger partial charge in [0, 0.05) is 6.04 Å². The molecule has 0 fully saturated rings. The standard InChI is InChI=1S/C16H20N2O2/c1-19-15-9-8-12(11-16(15)20-2)10-14(18-17)13-6-4-3-5-7-13/h3-9,11,14,18H,10,17H2,1-2H3. The molecule has 0 saturated carbocycles. The third-order valence-corrected chi connectivity index (χ3v) is 3.29. The van der Waals surface area contributed by atoms with Crippen LogP contribution in [0.4, 0.5) is 0 Å². The summed E-state index contributed by atoms with van der Waals surface area (Å²) in [6.45, 7) is 0. The van der Waals surface area contributed by atoms with Crippen molar-refractivity contribution in [3.8, 4) is 11.5 Å². The number of rotatable bonds is 6. The summed E-state index contributed by atoms with van der Waals surface area (Å²) in [5, 5.41) is 0. The Morgan fingerprint density at radius 1 is 1.00 bits per heavy atom. The van der Waals surface area contributed by atoms with Crippen molar-refractivity contribution in [2.24, 2.45) is 5.84 Å². The van der Waals surface area contributed by atoms with Crippen molar-refractivity contribution < 1.29 is 9.47 Å². The molecule has 0 heterocycles. The van der Waals surface area contributed by atoms with Crippen molar-refractivity contribution in [2.45, 2.75) is 12.5 Å². The van der Waals surface area contributed by atoms with E-state index in [9.17, 15) is 0 Å². The van der Waals surface area contributed by atoms with E-state index in [1.54, 1.807) is 14.2 Å². The van der Waals surface area contributed by atoms with Crippen LogP contribution < -0.4 is 20.7 Å². The average Bonchev–Trinajstić information content (AvgIpc) is 2.53. The van der Waals surface area contributed by atoms with Gasteiger partial charge >= 0.3 is 0 Å². The highest BCUT2D eigenvalue weighted by molar-refractivity contribution is 5.43. The van der Waals surface area contributed by atoms with Crippen molar-refractivity contribution in [1.82, 2.24) is 5.43 Å². The maximum Gasteiger partial charge on any atom is 0.160 e. The lowest BCUT2D eigenvalue weighted by Gasteiger charge is -2.17. The molecule has 0 radical (unpaired) electrons. The molecule has 2 aromatic rings. The zero-order chi connectivity index (χ0) is 14.4. The summed E-state index contributed by atoms with van der Waals surface area (Å²) in [5.41, 5.74) is 5.15. The van der Waals surface area contributed by atoms with Crippen LogP contribution in [0.3, 0.4) is 0 Å². The Morgan fingerprint density at radius 3 is 2.30 bits per heavy atom. The van der Waals surface area contributed by atoms with Gasteiger partial charge in [-0.3, -0.25) is 11.3 Å². The van der Waals surface area contributed by atoms with Crippen LogP contribution in [-0.2, 0) is 6.42 Å². The molecule has 0 amide bonds. The molecule has 1 unspecified atom stereocenters. The molecule has 0 aliphatic heterocycles. The van der Waals surface area contributed by atoms with Crippen LogP contribution in [0, 0.1) is 0 Å². The molecule has 3 N–H and O–H groups in total.